The predicted octanol–water partition coefficient (Wildman–Crippen LogP) is 4.35. The minimum absolute atomic E-state index is 0.0176. The smallest absolute Gasteiger partial charge is 0.222 e. The minimum atomic E-state index is -0.413. The number of halogens is 2. The number of carbonyl (C=O) groups excluding carboxylic acids is 1. The second-order valence-electron chi connectivity index (χ2n) is 5.94. The Morgan fingerprint density at radius 1 is 1.23 bits per heavy atom. The zero-order valence-electron chi connectivity index (χ0n) is 15.0. The molecule has 0 aromatic heterocycles. The summed E-state index contributed by atoms with van der Waals surface area (Å²) in [6.07, 6.45) is 1.53. The molecule has 0 atom stereocenters. The summed E-state index contributed by atoms with van der Waals surface area (Å²) in [6.45, 7) is 1.10. The van der Waals surface area contributed by atoms with Gasteiger partial charge in [0.2, 0.25) is 5.91 Å². The lowest BCUT2D eigenvalue weighted by atomic mass is 10.1. The molecule has 140 valence electrons. The van der Waals surface area contributed by atoms with Crippen LogP contribution in [0.3, 0.4) is 0 Å². The summed E-state index contributed by atoms with van der Waals surface area (Å²) < 4.78 is 24.2. The Labute approximate surface area is 158 Å². The fourth-order valence-electron chi connectivity index (χ4n) is 2.48. The van der Waals surface area contributed by atoms with Gasteiger partial charge in [-0.15, -0.1) is 0 Å². The molecule has 0 heterocycles. The summed E-state index contributed by atoms with van der Waals surface area (Å²) >= 11 is 5.90. The number of nitrogens with zero attached hydrogens (tertiary/aromatic N) is 1. The third-order valence-corrected chi connectivity index (χ3v) is 4.21. The van der Waals surface area contributed by atoms with Crippen molar-refractivity contribution in [3.05, 3.63) is 58.9 Å². The van der Waals surface area contributed by atoms with Crippen LogP contribution in [0.4, 0.5) is 4.39 Å². The fourth-order valence-corrected chi connectivity index (χ4v) is 2.66. The molecular formula is C20H23ClFNO3. The molecule has 6 heteroatoms. The van der Waals surface area contributed by atoms with Crippen LogP contribution in [0.25, 0.3) is 0 Å². The van der Waals surface area contributed by atoms with Gasteiger partial charge >= 0.3 is 0 Å². The molecule has 0 bridgehead atoms. The highest BCUT2D eigenvalue weighted by molar-refractivity contribution is 6.30. The topological polar surface area (TPSA) is 38.8 Å². The normalized spacial score (nSPS) is 10.5. The van der Waals surface area contributed by atoms with Crippen LogP contribution in [-0.4, -0.2) is 38.1 Å². The molecule has 0 radical (unpaired) electrons. The Hall–Kier alpha value is -2.27. The van der Waals surface area contributed by atoms with Crippen molar-refractivity contribution in [1.29, 1.82) is 0 Å². The molecule has 0 aliphatic carbocycles. The molecule has 0 aliphatic heterocycles. The molecule has 2 rings (SSSR count). The van der Waals surface area contributed by atoms with Crippen LogP contribution in [0.1, 0.15) is 18.4 Å². The third kappa shape index (κ3) is 6.23. The van der Waals surface area contributed by atoms with Crippen LogP contribution >= 0.6 is 11.6 Å². The number of amides is 1. The summed E-state index contributed by atoms with van der Waals surface area (Å²) in [5.74, 6) is 0.526. The van der Waals surface area contributed by atoms with E-state index in [9.17, 15) is 9.18 Å². The van der Waals surface area contributed by atoms with Gasteiger partial charge in [-0.1, -0.05) is 23.7 Å². The van der Waals surface area contributed by atoms with Crippen molar-refractivity contribution < 1.29 is 18.7 Å². The lowest BCUT2D eigenvalue weighted by Crippen LogP contribution is -2.28. The summed E-state index contributed by atoms with van der Waals surface area (Å²) in [5.41, 5.74) is 0.773. The molecule has 0 saturated heterocycles. The summed E-state index contributed by atoms with van der Waals surface area (Å²) in [4.78, 5) is 13.9. The van der Waals surface area contributed by atoms with Gasteiger partial charge < -0.3 is 14.4 Å². The molecule has 0 aliphatic rings. The summed E-state index contributed by atoms with van der Waals surface area (Å²) in [7, 11) is 3.18. The van der Waals surface area contributed by atoms with E-state index in [-0.39, 0.29) is 11.7 Å². The highest BCUT2D eigenvalue weighted by Gasteiger charge is 2.10. The van der Waals surface area contributed by atoms with E-state index in [1.54, 1.807) is 36.2 Å². The van der Waals surface area contributed by atoms with Crippen LogP contribution in [0.2, 0.25) is 5.02 Å². The van der Waals surface area contributed by atoms with Crippen molar-refractivity contribution in [1.82, 2.24) is 4.90 Å². The van der Waals surface area contributed by atoms with Crippen LogP contribution in [-0.2, 0) is 11.2 Å². The van der Waals surface area contributed by atoms with Gasteiger partial charge in [0, 0.05) is 25.0 Å². The SMILES string of the molecule is COc1ccc(CCC(=O)N(C)CCCOc2cccc(Cl)c2)cc1F. The molecular weight excluding hydrogens is 357 g/mol. The van der Waals surface area contributed by atoms with E-state index in [4.69, 9.17) is 21.1 Å². The number of hydrogen-bond acceptors (Lipinski definition) is 3. The Morgan fingerprint density at radius 2 is 2.04 bits per heavy atom. The van der Waals surface area contributed by atoms with Gasteiger partial charge in [0.05, 0.1) is 13.7 Å². The Balaban J connectivity index is 1.69. The predicted molar refractivity (Wildman–Crippen MR) is 100 cm³/mol. The van der Waals surface area contributed by atoms with Crippen LogP contribution in [0, 0.1) is 5.82 Å². The number of benzene rings is 2. The molecule has 0 fully saturated rings. The van der Waals surface area contributed by atoms with Crippen molar-refractivity contribution in [2.24, 2.45) is 0 Å². The van der Waals surface area contributed by atoms with Gasteiger partial charge in [-0.3, -0.25) is 4.79 Å². The van der Waals surface area contributed by atoms with Gasteiger partial charge in [0.1, 0.15) is 5.75 Å². The monoisotopic (exact) mass is 379 g/mol. The second kappa shape index (κ2) is 10.0. The molecule has 4 nitrogen and oxygen atoms in total. The standard InChI is InChI=1S/C20H23ClFNO3/c1-23(11-4-12-26-17-6-3-5-16(21)14-17)20(24)10-8-15-7-9-19(25-2)18(22)13-15/h3,5-7,9,13-14H,4,8,10-12H2,1-2H3. The van der Waals surface area contributed by atoms with E-state index >= 15 is 0 Å². The van der Waals surface area contributed by atoms with Gasteiger partial charge in [0.25, 0.3) is 0 Å². The quantitative estimate of drug-likeness (QED) is 0.608. The number of methoxy groups -OCH3 is 1. The zero-order chi connectivity index (χ0) is 18.9. The number of hydrogen-bond donors (Lipinski definition) is 0. The van der Waals surface area contributed by atoms with E-state index in [1.807, 2.05) is 12.1 Å². The molecule has 0 saturated carbocycles. The second-order valence-corrected chi connectivity index (χ2v) is 6.38. The first-order valence-electron chi connectivity index (χ1n) is 8.44. The van der Waals surface area contributed by atoms with Gasteiger partial charge in [-0.2, -0.15) is 0 Å². The molecule has 2 aromatic carbocycles. The van der Waals surface area contributed by atoms with Crippen molar-refractivity contribution in [3.8, 4) is 11.5 Å². The van der Waals surface area contributed by atoms with Crippen LogP contribution < -0.4 is 9.47 Å². The van der Waals surface area contributed by atoms with E-state index in [2.05, 4.69) is 0 Å². The average molecular weight is 380 g/mol. The highest BCUT2D eigenvalue weighted by atomic mass is 35.5. The number of aryl methyl sites for hydroxylation is 1. The molecule has 0 N–H and O–H groups in total. The minimum Gasteiger partial charge on any atom is -0.494 e. The first kappa shape index (κ1) is 20.0. The lowest BCUT2D eigenvalue weighted by Gasteiger charge is -2.17. The van der Waals surface area contributed by atoms with Crippen LogP contribution in [0.5, 0.6) is 11.5 Å². The van der Waals surface area contributed by atoms with E-state index in [0.29, 0.717) is 43.2 Å². The zero-order valence-corrected chi connectivity index (χ0v) is 15.8. The van der Waals surface area contributed by atoms with Crippen molar-refractivity contribution >= 4 is 17.5 Å². The lowest BCUT2D eigenvalue weighted by molar-refractivity contribution is -0.129. The maximum Gasteiger partial charge on any atom is 0.222 e. The largest absolute Gasteiger partial charge is 0.494 e. The summed E-state index contributed by atoms with van der Waals surface area (Å²) in [5, 5.41) is 0.629. The molecule has 0 unspecified atom stereocenters. The van der Waals surface area contributed by atoms with Gasteiger partial charge in [0.15, 0.2) is 11.6 Å². The van der Waals surface area contributed by atoms with Gasteiger partial charge in [-0.05, 0) is 48.7 Å². The highest BCUT2D eigenvalue weighted by Crippen LogP contribution is 2.19. The average Bonchev–Trinajstić information content (AvgIpc) is 2.63. The number of rotatable bonds is 9. The first-order valence-corrected chi connectivity index (χ1v) is 8.82. The Kier molecular flexibility index (Phi) is 7.73. The fraction of sp³-hybridized carbons (Fsp3) is 0.350. The molecule has 26 heavy (non-hydrogen) atoms. The Bertz CT molecular complexity index is 739. The molecule has 0 spiro atoms. The van der Waals surface area contributed by atoms with Gasteiger partial charge in [-0.25, -0.2) is 4.39 Å². The maximum absolute atomic E-state index is 13.7. The van der Waals surface area contributed by atoms with Crippen LogP contribution in [0.15, 0.2) is 42.5 Å². The van der Waals surface area contributed by atoms with Crippen molar-refractivity contribution in [3.63, 3.8) is 0 Å². The third-order valence-electron chi connectivity index (χ3n) is 3.97. The number of carbonyl (C=O) groups is 1. The van der Waals surface area contributed by atoms with E-state index in [1.165, 1.54) is 13.2 Å². The Morgan fingerprint density at radius 3 is 2.73 bits per heavy atom. The molecule has 2 aromatic rings. The van der Waals surface area contributed by atoms with Crippen molar-refractivity contribution in [2.75, 3.05) is 27.3 Å². The summed E-state index contributed by atoms with van der Waals surface area (Å²) in [6, 6.07) is 12.0. The first-order chi connectivity index (χ1) is 12.5. The number of ether oxygens (including phenoxy) is 2. The van der Waals surface area contributed by atoms with E-state index < -0.39 is 5.82 Å². The van der Waals surface area contributed by atoms with E-state index in [0.717, 1.165) is 5.56 Å². The molecule has 1 amide bonds. The van der Waals surface area contributed by atoms with Crippen molar-refractivity contribution in [2.45, 2.75) is 19.3 Å². The maximum atomic E-state index is 13.7.